The Bertz CT molecular complexity index is 944. The minimum Gasteiger partial charge on any atom is -0.493 e. The van der Waals surface area contributed by atoms with E-state index in [1.54, 1.807) is 25.3 Å². The minimum atomic E-state index is 0.240. The van der Waals surface area contributed by atoms with Crippen LogP contribution in [0.1, 0.15) is 11.1 Å². The molecule has 146 valence electrons. The van der Waals surface area contributed by atoms with Gasteiger partial charge in [-0.05, 0) is 54.1 Å². The molecule has 0 fully saturated rings. The first-order chi connectivity index (χ1) is 13.5. The summed E-state index contributed by atoms with van der Waals surface area (Å²) in [5.74, 6) is 1.22. The molecule has 1 N–H and O–H groups in total. The minimum absolute atomic E-state index is 0.240. The van der Waals surface area contributed by atoms with Crippen molar-refractivity contribution in [3.63, 3.8) is 0 Å². The molecule has 0 bridgehead atoms. The van der Waals surface area contributed by atoms with Gasteiger partial charge in [-0.25, -0.2) is 0 Å². The highest BCUT2D eigenvalue weighted by Crippen LogP contribution is 2.35. The number of hydrogen-bond donors (Lipinski definition) is 1. The molecule has 0 heterocycles. The third-order valence-corrected chi connectivity index (χ3v) is 5.79. The number of hydrogen-bond acceptors (Lipinski definition) is 3. The molecule has 0 aromatic heterocycles. The fraction of sp³-hybridized carbons (Fsp3) is 0.143. The lowest BCUT2D eigenvalue weighted by molar-refractivity contribution is 0.284. The highest BCUT2D eigenvalue weighted by atomic mass is 79.9. The SMILES string of the molecule is COc1cc(CNc2ccc(Cl)cc2)c(Br)cc1OCc1c(Cl)cccc1Cl. The van der Waals surface area contributed by atoms with Crippen molar-refractivity contribution in [2.24, 2.45) is 0 Å². The largest absolute Gasteiger partial charge is 0.493 e. The number of ether oxygens (including phenoxy) is 2. The molecule has 3 nitrogen and oxygen atoms in total. The van der Waals surface area contributed by atoms with Gasteiger partial charge >= 0.3 is 0 Å². The lowest BCUT2D eigenvalue weighted by Gasteiger charge is -2.16. The van der Waals surface area contributed by atoms with E-state index in [-0.39, 0.29) is 6.61 Å². The molecule has 7 heteroatoms. The fourth-order valence-corrected chi connectivity index (χ4v) is 3.67. The zero-order chi connectivity index (χ0) is 20.1. The van der Waals surface area contributed by atoms with Crippen molar-refractivity contribution in [2.75, 3.05) is 12.4 Å². The molecule has 0 aliphatic carbocycles. The van der Waals surface area contributed by atoms with Gasteiger partial charge in [0.15, 0.2) is 11.5 Å². The van der Waals surface area contributed by atoms with Crippen LogP contribution in [0.4, 0.5) is 5.69 Å². The Labute approximate surface area is 187 Å². The molecule has 0 aliphatic heterocycles. The van der Waals surface area contributed by atoms with Gasteiger partial charge < -0.3 is 14.8 Å². The quantitative estimate of drug-likeness (QED) is 0.361. The van der Waals surface area contributed by atoms with E-state index >= 15 is 0 Å². The van der Waals surface area contributed by atoms with Gasteiger partial charge in [0.05, 0.1) is 7.11 Å². The molecule has 0 saturated carbocycles. The van der Waals surface area contributed by atoms with Crippen LogP contribution < -0.4 is 14.8 Å². The summed E-state index contributed by atoms with van der Waals surface area (Å²) in [6.07, 6.45) is 0. The number of methoxy groups -OCH3 is 1. The number of rotatable bonds is 7. The molecular formula is C21H17BrCl3NO2. The second-order valence-electron chi connectivity index (χ2n) is 5.94. The molecule has 0 atom stereocenters. The zero-order valence-corrected chi connectivity index (χ0v) is 18.8. The van der Waals surface area contributed by atoms with Crippen LogP contribution in [0.2, 0.25) is 15.1 Å². The number of nitrogens with one attached hydrogen (secondary N) is 1. The molecule has 3 rings (SSSR count). The third kappa shape index (κ3) is 5.26. The first-order valence-electron chi connectivity index (χ1n) is 8.39. The van der Waals surface area contributed by atoms with E-state index in [9.17, 15) is 0 Å². The smallest absolute Gasteiger partial charge is 0.162 e. The molecule has 0 amide bonds. The molecule has 3 aromatic rings. The first kappa shape index (κ1) is 21.1. The summed E-state index contributed by atoms with van der Waals surface area (Å²) in [7, 11) is 1.61. The molecule has 0 spiro atoms. The van der Waals surface area contributed by atoms with E-state index < -0.39 is 0 Å². The van der Waals surface area contributed by atoms with Crippen molar-refractivity contribution in [1.29, 1.82) is 0 Å². The maximum absolute atomic E-state index is 6.21. The third-order valence-electron chi connectivity index (χ3n) is 4.09. The van der Waals surface area contributed by atoms with Crippen molar-refractivity contribution in [3.05, 3.63) is 85.3 Å². The molecule has 0 unspecified atom stereocenters. The predicted molar refractivity (Wildman–Crippen MR) is 120 cm³/mol. The maximum atomic E-state index is 6.21. The van der Waals surface area contributed by atoms with Gasteiger partial charge in [-0.2, -0.15) is 0 Å². The Morgan fingerprint density at radius 2 is 1.61 bits per heavy atom. The van der Waals surface area contributed by atoms with Crippen molar-refractivity contribution < 1.29 is 9.47 Å². The average Bonchev–Trinajstić information content (AvgIpc) is 2.68. The highest BCUT2D eigenvalue weighted by Gasteiger charge is 2.13. The standard InChI is InChI=1S/C21H17BrCl3NO2/c1-27-20-9-13(11-26-15-7-5-14(23)6-8-15)17(22)10-21(20)28-12-16-18(24)3-2-4-19(16)25/h2-10,26H,11-12H2,1H3. The van der Waals surface area contributed by atoms with Gasteiger partial charge in [-0.15, -0.1) is 0 Å². The topological polar surface area (TPSA) is 30.5 Å². The van der Waals surface area contributed by atoms with Gasteiger partial charge in [0.2, 0.25) is 0 Å². The first-order valence-corrected chi connectivity index (χ1v) is 10.3. The van der Waals surface area contributed by atoms with E-state index in [0.29, 0.717) is 33.1 Å². The fourth-order valence-electron chi connectivity index (χ4n) is 2.57. The maximum Gasteiger partial charge on any atom is 0.162 e. The van der Waals surface area contributed by atoms with E-state index in [0.717, 1.165) is 21.3 Å². The van der Waals surface area contributed by atoms with Crippen molar-refractivity contribution in [2.45, 2.75) is 13.2 Å². The van der Waals surface area contributed by atoms with E-state index in [4.69, 9.17) is 44.3 Å². The molecule has 0 aliphatic rings. The molecular weight excluding hydrogens is 484 g/mol. The summed E-state index contributed by atoms with van der Waals surface area (Å²) in [6.45, 7) is 0.846. The van der Waals surface area contributed by atoms with Crippen LogP contribution in [-0.4, -0.2) is 7.11 Å². The van der Waals surface area contributed by atoms with Crippen molar-refractivity contribution in [1.82, 2.24) is 0 Å². The number of benzene rings is 3. The zero-order valence-electron chi connectivity index (χ0n) is 14.9. The Hall–Kier alpha value is -1.59. The summed E-state index contributed by atoms with van der Waals surface area (Å²) in [5, 5.41) is 5.18. The monoisotopic (exact) mass is 499 g/mol. The van der Waals surface area contributed by atoms with E-state index in [1.807, 2.05) is 36.4 Å². The van der Waals surface area contributed by atoms with Crippen LogP contribution in [0.15, 0.2) is 59.1 Å². The summed E-state index contributed by atoms with van der Waals surface area (Å²) < 4.78 is 12.3. The molecule has 28 heavy (non-hydrogen) atoms. The Kier molecular flexibility index (Phi) is 7.36. The Morgan fingerprint density at radius 1 is 0.929 bits per heavy atom. The predicted octanol–water partition coefficient (Wildman–Crippen LogP) is 7.61. The van der Waals surface area contributed by atoms with Gasteiger partial charge in [-0.1, -0.05) is 56.8 Å². The van der Waals surface area contributed by atoms with Crippen LogP contribution in [0, 0.1) is 0 Å². The second-order valence-corrected chi connectivity index (χ2v) is 8.05. The van der Waals surface area contributed by atoms with Crippen LogP contribution in [-0.2, 0) is 13.2 Å². The van der Waals surface area contributed by atoms with Crippen LogP contribution >= 0.6 is 50.7 Å². The van der Waals surface area contributed by atoms with Crippen molar-refractivity contribution >= 4 is 56.4 Å². The molecule has 3 aromatic carbocycles. The lowest BCUT2D eigenvalue weighted by Crippen LogP contribution is -2.03. The Morgan fingerprint density at radius 3 is 2.25 bits per heavy atom. The van der Waals surface area contributed by atoms with E-state index in [2.05, 4.69) is 21.2 Å². The molecule has 0 radical (unpaired) electrons. The van der Waals surface area contributed by atoms with Gasteiger partial charge in [0.1, 0.15) is 6.61 Å². The van der Waals surface area contributed by atoms with E-state index in [1.165, 1.54) is 0 Å². The normalized spacial score (nSPS) is 10.6. The summed E-state index contributed by atoms with van der Waals surface area (Å²) in [6, 6.07) is 16.7. The summed E-state index contributed by atoms with van der Waals surface area (Å²) >= 11 is 22.0. The second kappa shape index (κ2) is 9.75. The average molecular weight is 502 g/mol. The van der Waals surface area contributed by atoms with Crippen LogP contribution in [0.5, 0.6) is 11.5 Å². The molecule has 0 saturated heterocycles. The highest BCUT2D eigenvalue weighted by molar-refractivity contribution is 9.10. The van der Waals surface area contributed by atoms with Gasteiger partial charge in [0, 0.05) is 37.3 Å². The Balaban J connectivity index is 1.74. The van der Waals surface area contributed by atoms with Crippen molar-refractivity contribution in [3.8, 4) is 11.5 Å². The lowest BCUT2D eigenvalue weighted by atomic mass is 10.2. The number of anilines is 1. The summed E-state index contributed by atoms with van der Waals surface area (Å²) in [5.41, 5.74) is 2.73. The van der Waals surface area contributed by atoms with Gasteiger partial charge in [0.25, 0.3) is 0 Å². The summed E-state index contributed by atoms with van der Waals surface area (Å²) in [4.78, 5) is 0. The van der Waals surface area contributed by atoms with Crippen LogP contribution in [0.3, 0.4) is 0 Å². The van der Waals surface area contributed by atoms with Crippen LogP contribution in [0.25, 0.3) is 0 Å². The van der Waals surface area contributed by atoms with Gasteiger partial charge in [-0.3, -0.25) is 0 Å². The number of halogens is 4.